The highest BCUT2D eigenvalue weighted by molar-refractivity contribution is 5.84. The van der Waals surface area contributed by atoms with Gasteiger partial charge in [0.2, 0.25) is 5.91 Å². The molecule has 3 aliphatic carbocycles. The number of primary amides is 1. The van der Waals surface area contributed by atoms with Gasteiger partial charge in [-0.2, -0.15) is 0 Å². The lowest BCUT2D eigenvalue weighted by atomic mass is 9.38. The Hall–Kier alpha value is -0.530. The lowest BCUT2D eigenvalue weighted by Gasteiger charge is -2.65. The van der Waals surface area contributed by atoms with Crippen LogP contribution in [0.2, 0.25) is 0 Å². The van der Waals surface area contributed by atoms with Crippen molar-refractivity contribution in [2.45, 2.75) is 19.8 Å². The second-order valence-electron chi connectivity index (χ2n) is 3.48. The van der Waals surface area contributed by atoms with Crippen LogP contribution in [0.15, 0.2) is 0 Å². The van der Waals surface area contributed by atoms with Crippen molar-refractivity contribution in [3.8, 4) is 0 Å². The molecule has 9 heavy (non-hydrogen) atoms. The first-order valence-corrected chi connectivity index (χ1v) is 3.47. The standard InChI is InChI=1S/C7H11NO/c1-4-5-2-7(4,3-5)6(8)9/h4-5H,2-3H2,1H3,(H2,8,9). The van der Waals surface area contributed by atoms with Crippen LogP contribution in [-0.2, 0) is 4.79 Å². The molecular formula is C7H11NO. The summed E-state index contributed by atoms with van der Waals surface area (Å²) in [6, 6.07) is 0. The summed E-state index contributed by atoms with van der Waals surface area (Å²) in [7, 11) is 0. The Labute approximate surface area is 54.4 Å². The van der Waals surface area contributed by atoms with Crippen LogP contribution in [0.4, 0.5) is 0 Å². The molecule has 1 amide bonds. The molecule has 0 aliphatic heterocycles. The highest BCUT2D eigenvalue weighted by atomic mass is 16.1. The van der Waals surface area contributed by atoms with Gasteiger partial charge in [0, 0.05) is 0 Å². The summed E-state index contributed by atoms with van der Waals surface area (Å²) in [6.07, 6.45) is 2.15. The molecule has 3 aliphatic rings. The number of carbonyl (C=O) groups excluding carboxylic acids is 1. The van der Waals surface area contributed by atoms with E-state index in [2.05, 4.69) is 6.92 Å². The molecule has 2 N–H and O–H groups in total. The van der Waals surface area contributed by atoms with Crippen molar-refractivity contribution in [2.24, 2.45) is 23.0 Å². The number of carbonyl (C=O) groups is 1. The molecule has 0 aromatic heterocycles. The molecule has 3 saturated carbocycles. The molecule has 0 heterocycles. The van der Waals surface area contributed by atoms with Crippen LogP contribution in [0.5, 0.6) is 0 Å². The lowest BCUT2D eigenvalue weighted by molar-refractivity contribution is -0.190. The Balaban J connectivity index is 2.19. The van der Waals surface area contributed by atoms with Crippen molar-refractivity contribution >= 4 is 5.91 Å². The second-order valence-corrected chi connectivity index (χ2v) is 3.48. The van der Waals surface area contributed by atoms with Gasteiger partial charge in [-0.1, -0.05) is 6.92 Å². The molecule has 2 nitrogen and oxygen atoms in total. The first kappa shape index (κ1) is 5.27. The zero-order chi connectivity index (χ0) is 6.65. The maximum absolute atomic E-state index is 10.8. The molecule has 3 fully saturated rings. The number of rotatable bonds is 1. The number of hydrogen-bond acceptors (Lipinski definition) is 1. The Bertz CT molecular complexity index is 170. The Kier molecular flexibility index (Phi) is 0.675. The first-order chi connectivity index (χ1) is 4.17. The summed E-state index contributed by atoms with van der Waals surface area (Å²) in [6.45, 7) is 2.13. The van der Waals surface area contributed by atoms with Gasteiger partial charge in [-0.3, -0.25) is 4.79 Å². The third-order valence-electron chi connectivity index (χ3n) is 3.32. The van der Waals surface area contributed by atoms with Gasteiger partial charge in [-0.25, -0.2) is 0 Å². The van der Waals surface area contributed by atoms with E-state index >= 15 is 0 Å². The Morgan fingerprint density at radius 3 is 2.22 bits per heavy atom. The van der Waals surface area contributed by atoms with E-state index in [1.54, 1.807) is 0 Å². The molecule has 0 radical (unpaired) electrons. The van der Waals surface area contributed by atoms with Gasteiger partial charge in [0.05, 0.1) is 5.41 Å². The van der Waals surface area contributed by atoms with Crippen molar-refractivity contribution in [1.29, 1.82) is 0 Å². The molecule has 2 heteroatoms. The third-order valence-corrected chi connectivity index (χ3v) is 3.32. The average molecular weight is 125 g/mol. The zero-order valence-corrected chi connectivity index (χ0v) is 5.55. The summed E-state index contributed by atoms with van der Waals surface area (Å²) < 4.78 is 0. The van der Waals surface area contributed by atoms with E-state index in [1.165, 1.54) is 0 Å². The third kappa shape index (κ3) is 0.345. The normalized spacial score (nSPS) is 53.4. The van der Waals surface area contributed by atoms with Crippen LogP contribution in [0.1, 0.15) is 19.8 Å². The monoisotopic (exact) mass is 125 g/mol. The fraction of sp³-hybridized carbons (Fsp3) is 0.857. The van der Waals surface area contributed by atoms with Crippen molar-refractivity contribution < 1.29 is 4.79 Å². The molecule has 0 saturated heterocycles. The summed E-state index contributed by atoms with van der Waals surface area (Å²) in [5.41, 5.74) is 5.18. The van der Waals surface area contributed by atoms with Crippen molar-refractivity contribution in [2.75, 3.05) is 0 Å². The lowest BCUT2D eigenvalue weighted by Crippen LogP contribution is -2.66. The van der Waals surface area contributed by atoms with E-state index in [0.29, 0.717) is 5.92 Å². The zero-order valence-electron chi connectivity index (χ0n) is 5.55. The highest BCUT2D eigenvalue weighted by Gasteiger charge is 2.66. The molecule has 50 valence electrons. The molecule has 2 bridgehead atoms. The first-order valence-electron chi connectivity index (χ1n) is 3.47. The van der Waals surface area contributed by atoms with Crippen molar-refractivity contribution in [3.63, 3.8) is 0 Å². The molecule has 1 atom stereocenters. The molecule has 3 rings (SSSR count). The van der Waals surface area contributed by atoms with E-state index in [-0.39, 0.29) is 11.3 Å². The topological polar surface area (TPSA) is 43.1 Å². The van der Waals surface area contributed by atoms with Gasteiger partial charge in [-0.15, -0.1) is 0 Å². The van der Waals surface area contributed by atoms with Crippen LogP contribution in [0.25, 0.3) is 0 Å². The van der Waals surface area contributed by atoms with Crippen LogP contribution < -0.4 is 5.73 Å². The fourth-order valence-electron chi connectivity index (χ4n) is 2.16. The molecule has 0 aromatic carbocycles. The maximum Gasteiger partial charge on any atom is 0.223 e. The molecule has 0 aromatic rings. The molecule has 1 unspecified atom stereocenters. The second kappa shape index (κ2) is 1.15. The number of nitrogens with two attached hydrogens (primary N) is 1. The van der Waals surface area contributed by atoms with Crippen molar-refractivity contribution in [3.05, 3.63) is 0 Å². The largest absolute Gasteiger partial charge is 0.369 e. The number of hydrogen-bond donors (Lipinski definition) is 1. The van der Waals surface area contributed by atoms with E-state index in [0.717, 1.165) is 18.8 Å². The summed E-state index contributed by atoms with van der Waals surface area (Å²) in [5, 5.41) is 0. The molecular weight excluding hydrogens is 114 g/mol. The van der Waals surface area contributed by atoms with Gasteiger partial charge in [0.1, 0.15) is 0 Å². The minimum Gasteiger partial charge on any atom is -0.369 e. The van der Waals surface area contributed by atoms with Crippen LogP contribution in [-0.4, -0.2) is 5.91 Å². The van der Waals surface area contributed by atoms with Crippen LogP contribution in [0, 0.1) is 17.3 Å². The maximum atomic E-state index is 10.8. The van der Waals surface area contributed by atoms with Crippen LogP contribution in [0.3, 0.4) is 0 Å². The summed E-state index contributed by atoms with van der Waals surface area (Å²) in [5.74, 6) is 1.35. The number of amides is 1. The quantitative estimate of drug-likeness (QED) is 0.545. The minimum atomic E-state index is -0.0718. The van der Waals surface area contributed by atoms with E-state index in [9.17, 15) is 4.79 Å². The van der Waals surface area contributed by atoms with Crippen LogP contribution >= 0.6 is 0 Å². The predicted octanol–water partition coefficient (Wildman–Crippen LogP) is 0.518. The molecule has 0 spiro atoms. The SMILES string of the molecule is CC1C2CC1(C(N)=O)C2. The predicted molar refractivity (Wildman–Crippen MR) is 33.5 cm³/mol. The van der Waals surface area contributed by atoms with E-state index in [4.69, 9.17) is 5.73 Å². The van der Waals surface area contributed by atoms with Gasteiger partial charge in [0.25, 0.3) is 0 Å². The van der Waals surface area contributed by atoms with Gasteiger partial charge < -0.3 is 5.73 Å². The summed E-state index contributed by atoms with van der Waals surface area (Å²) >= 11 is 0. The van der Waals surface area contributed by atoms with E-state index < -0.39 is 0 Å². The van der Waals surface area contributed by atoms with E-state index in [1.807, 2.05) is 0 Å². The van der Waals surface area contributed by atoms with Gasteiger partial charge >= 0.3 is 0 Å². The minimum absolute atomic E-state index is 0.0370. The summed E-state index contributed by atoms with van der Waals surface area (Å²) in [4.78, 5) is 10.8. The smallest absolute Gasteiger partial charge is 0.223 e. The Morgan fingerprint density at radius 2 is 2.22 bits per heavy atom. The fourth-order valence-corrected chi connectivity index (χ4v) is 2.16. The Morgan fingerprint density at radius 1 is 1.67 bits per heavy atom. The van der Waals surface area contributed by atoms with Gasteiger partial charge in [0.15, 0.2) is 0 Å². The van der Waals surface area contributed by atoms with Gasteiger partial charge in [-0.05, 0) is 24.7 Å². The average Bonchev–Trinajstić information content (AvgIpc) is 1.60. The van der Waals surface area contributed by atoms with Crippen molar-refractivity contribution in [1.82, 2.24) is 0 Å². The highest BCUT2D eigenvalue weighted by Crippen LogP contribution is 2.68.